The molecule has 1 aromatic carbocycles. The standard InChI is InChI=1S/C20H24N4O3/c1-10-7-11(2)16(12(3)8-10)17-15(25)9-14(19(17)26)5-6-21-20(27)18-13(4)22-24-23-18/h7-8,14,17H,5-6,9H2,1-4H3,(H,21,27)(H,22,23,24). The topological polar surface area (TPSA) is 105 Å². The number of aromatic amines is 1. The fraction of sp³-hybridized carbons (Fsp3) is 0.450. The largest absolute Gasteiger partial charge is 0.351 e. The minimum Gasteiger partial charge on any atom is -0.351 e. The maximum Gasteiger partial charge on any atom is 0.273 e. The summed E-state index contributed by atoms with van der Waals surface area (Å²) in [7, 11) is 0. The summed E-state index contributed by atoms with van der Waals surface area (Å²) < 4.78 is 0. The Morgan fingerprint density at radius 3 is 2.41 bits per heavy atom. The van der Waals surface area contributed by atoms with Gasteiger partial charge in [0, 0.05) is 18.9 Å². The first kappa shape index (κ1) is 18.9. The molecule has 0 bridgehead atoms. The van der Waals surface area contributed by atoms with Crippen molar-refractivity contribution in [3.05, 3.63) is 45.8 Å². The number of Topliss-reactive ketones (excluding diaryl/α,β-unsaturated/α-hetero) is 2. The average Bonchev–Trinajstić information content (AvgIpc) is 3.12. The van der Waals surface area contributed by atoms with Crippen LogP contribution in [0.4, 0.5) is 0 Å². The molecular weight excluding hydrogens is 344 g/mol. The summed E-state index contributed by atoms with van der Waals surface area (Å²) in [6, 6.07) is 4.02. The number of nitrogens with one attached hydrogen (secondary N) is 2. The van der Waals surface area contributed by atoms with E-state index in [0.717, 1.165) is 22.3 Å². The molecule has 1 aliphatic rings. The van der Waals surface area contributed by atoms with Crippen molar-refractivity contribution in [3.8, 4) is 0 Å². The highest BCUT2D eigenvalue weighted by Crippen LogP contribution is 2.37. The van der Waals surface area contributed by atoms with Crippen LogP contribution < -0.4 is 5.32 Å². The Hall–Kier alpha value is -2.83. The van der Waals surface area contributed by atoms with Crippen molar-refractivity contribution in [2.45, 2.75) is 46.5 Å². The molecule has 0 spiro atoms. The van der Waals surface area contributed by atoms with Gasteiger partial charge in [-0.1, -0.05) is 17.7 Å². The lowest BCUT2D eigenvalue weighted by atomic mass is 9.86. The second kappa shape index (κ2) is 7.42. The lowest BCUT2D eigenvalue weighted by Crippen LogP contribution is -2.28. The molecular formula is C20H24N4O3. The van der Waals surface area contributed by atoms with E-state index in [-0.39, 0.29) is 35.5 Å². The van der Waals surface area contributed by atoms with Gasteiger partial charge in [0.15, 0.2) is 11.5 Å². The number of amides is 1. The van der Waals surface area contributed by atoms with Crippen LogP contribution in [0.5, 0.6) is 0 Å². The number of rotatable bonds is 5. The van der Waals surface area contributed by atoms with Gasteiger partial charge in [-0.2, -0.15) is 15.4 Å². The molecule has 1 aliphatic carbocycles. The quantitative estimate of drug-likeness (QED) is 0.787. The van der Waals surface area contributed by atoms with Crippen molar-refractivity contribution in [2.75, 3.05) is 6.54 Å². The van der Waals surface area contributed by atoms with E-state index < -0.39 is 5.92 Å². The lowest BCUT2D eigenvalue weighted by molar-refractivity contribution is -0.124. The predicted octanol–water partition coefficient (Wildman–Crippen LogP) is 2.10. The van der Waals surface area contributed by atoms with Gasteiger partial charge >= 0.3 is 0 Å². The van der Waals surface area contributed by atoms with Crippen LogP contribution in [0.15, 0.2) is 12.1 Å². The van der Waals surface area contributed by atoms with E-state index in [2.05, 4.69) is 20.7 Å². The van der Waals surface area contributed by atoms with Crippen LogP contribution >= 0.6 is 0 Å². The molecule has 0 saturated heterocycles. The number of carbonyl (C=O) groups is 3. The zero-order chi connectivity index (χ0) is 19.7. The smallest absolute Gasteiger partial charge is 0.273 e. The van der Waals surface area contributed by atoms with Crippen LogP contribution in [0, 0.1) is 33.6 Å². The third kappa shape index (κ3) is 3.67. The van der Waals surface area contributed by atoms with Gasteiger partial charge in [0.05, 0.1) is 5.69 Å². The first-order chi connectivity index (χ1) is 12.8. The van der Waals surface area contributed by atoms with E-state index in [1.165, 1.54) is 0 Å². The van der Waals surface area contributed by atoms with Crippen molar-refractivity contribution in [1.29, 1.82) is 0 Å². The normalized spacial score (nSPS) is 19.6. The van der Waals surface area contributed by atoms with E-state index in [1.54, 1.807) is 6.92 Å². The SMILES string of the molecule is Cc1cc(C)c(C2C(=O)CC(CCNC(=O)c3n[nH]nc3C)C2=O)c(C)c1. The van der Waals surface area contributed by atoms with Gasteiger partial charge in [-0.25, -0.2) is 0 Å². The molecule has 2 aromatic rings. The first-order valence-electron chi connectivity index (χ1n) is 9.09. The molecule has 0 radical (unpaired) electrons. The van der Waals surface area contributed by atoms with E-state index in [1.807, 2.05) is 32.9 Å². The van der Waals surface area contributed by atoms with Crippen molar-refractivity contribution < 1.29 is 14.4 Å². The Morgan fingerprint density at radius 1 is 1.15 bits per heavy atom. The van der Waals surface area contributed by atoms with Gasteiger partial charge in [-0.3, -0.25) is 14.4 Å². The molecule has 2 atom stereocenters. The second-order valence-electron chi connectivity index (χ2n) is 7.32. The summed E-state index contributed by atoms with van der Waals surface area (Å²) in [6.07, 6.45) is 0.669. The molecule has 7 nitrogen and oxygen atoms in total. The van der Waals surface area contributed by atoms with E-state index >= 15 is 0 Å². The van der Waals surface area contributed by atoms with Gasteiger partial charge in [-0.15, -0.1) is 0 Å². The first-order valence-corrected chi connectivity index (χ1v) is 9.09. The number of aromatic nitrogens is 3. The Labute approximate surface area is 157 Å². The fourth-order valence-corrected chi connectivity index (χ4v) is 3.99. The average molecular weight is 368 g/mol. The molecule has 0 aliphatic heterocycles. The third-order valence-electron chi connectivity index (χ3n) is 5.20. The summed E-state index contributed by atoms with van der Waals surface area (Å²) in [5.41, 5.74) is 4.69. The molecule has 1 heterocycles. The van der Waals surface area contributed by atoms with Crippen LogP contribution in [0.3, 0.4) is 0 Å². The van der Waals surface area contributed by atoms with Crippen LogP contribution in [-0.2, 0) is 9.59 Å². The number of nitrogens with zero attached hydrogens (tertiary/aromatic N) is 2. The molecule has 3 rings (SSSR count). The number of carbonyl (C=O) groups excluding carboxylic acids is 3. The number of H-pyrrole nitrogens is 1. The lowest BCUT2D eigenvalue weighted by Gasteiger charge is -2.16. The second-order valence-corrected chi connectivity index (χ2v) is 7.32. The van der Waals surface area contributed by atoms with E-state index in [0.29, 0.717) is 18.7 Å². The summed E-state index contributed by atoms with van der Waals surface area (Å²) >= 11 is 0. The van der Waals surface area contributed by atoms with Crippen molar-refractivity contribution in [3.63, 3.8) is 0 Å². The number of aryl methyl sites for hydroxylation is 4. The van der Waals surface area contributed by atoms with Crippen LogP contribution in [-0.4, -0.2) is 39.4 Å². The van der Waals surface area contributed by atoms with Gasteiger partial charge in [-0.05, 0) is 50.8 Å². The molecule has 142 valence electrons. The highest BCUT2D eigenvalue weighted by atomic mass is 16.2. The Balaban J connectivity index is 1.66. The van der Waals surface area contributed by atoms with Gasteiger partial charge < -0.3 is 5.32 Å². The van der Waals surface area contributed by atoms with Crippen molar-refractivity contribution in [1.82, 2.24) is 20.7 Å². The maximum atomic E-state index is 12.9. The summed E-state index contributed by atoms with van der Waals surface area (Å²) in [5, 5.41) is 12.8. The van der Waals surface area contributed by atoms with Crippen molar-refractivity contribution >= 4 is 17.5 Å². The molecule has 1 fully saturated rings. The monoisotopic (exact) mass is 368 g/mol. The summed E-state index contributed by atoms with van der Waals surface area (Å²) in [4.78, 5) is 37.6. The maximum absolute atomic E-state index is 12.9. The highest BCUT2D eigenvalue weighted by molar-refractivity contribution is 6.15. The number of hydrogen-bond acceptors (Lipinski definition) is 5. The molecule has 1 saturated carbocycles. The number of ketones is 2. The Morgan fingerprint density at radius 2 is 1.81 bits per heavy atom. The molecule has 1 amide bonds. The zero-order valence-corrected chi connectivity index (χ0v) is 16.0. The third-order valence-corrected chi connectivity index (χ3v) is 5.20. The summed E-state index contributed by atoms with van der Waals surface area (Å²) in [5.74, 6) is -1.44. The van der Waals surface area contributed by atoms with Gasteiger partial charge in [0.25, 0.3) is 5.91 Å². The van der Waals surface area contributed by atoms with Crippen LogP contribution in [0.2, 0.25) is 0 Å². The van der Waals surface area contributed by atoms with Crippen LogP contribution in [0.1, 0.15) is 57.2 Å². The minimum absolute atomic E-state index is 0.0290. The Kier molecular flexibility index (Phi) is 5.21. The molecule has 2 N–H and O–H groups in total. The van der Waals surface area contributed by atoms with E-state index in [4.69, 9.17) is 0 Å². The highest BCUT2D eigenvalue weighted by Gasteiger charge is 2.42. The van der Waals surface area contributed by atoms with Crippen LogP contribution in [0.25, 0.3) is 0 Å². The molecule has 7 heteroatoms. The predicted molar refractivity (Wildman–Crippen MR) is 99.6 cm³/mol. The molecule has 2 unspecified atom stereocenters. The molecule has 27 heavy (non-hydrogen) atoms. The zero-order valence-electron chi connectivity index (χ0n) is 16.0. The van der Waals surface area contributed by atoms with E-state index in [9.17, 15) is 14.4 Å². The van der Waals surface area contributed by atoms with Crippen molar-refractivity contribution in [2.24, 2.45) is 5.92 Å². The number of hydrogen-bond donors (Lipinski definition) is 2. The van der Waals surface area contributed by atoms with Gasteiger partial charge in [0.1, 0.15) is 11.7 Å². The minimum atomic E-state index is -0.677. The molecule has 1 aromatic heterocycles. The Bertz CT molecular complexity index is 893. The number of benzene rings is 1. The summed E-state index contributed by atoms with van der Waals surface area (Å²) in [6.45, 7) is 7.90. The van der Waals surface area contributed by atoms with Gasteiger partial charge in [0.2, 0.25) is 0 Å². The fourth-order valence-electron chi connectivity index (χ4n) is 3.99.